The second-order valence-corrected chi connectivity index (χ2v) is 9.17. The lowest BCUT2D eigenvalue weighted by atomic mass is 9.98. The topological polar surface area (TPSA) is 130 Å². The molecule has 1 saturated heterocycles. The van der Waals surface area contributed by atoms with Crippen molar-refractivity contribution < 1.29 is 29.3 Å². The summed E-state index contributed by atoms with van der Waals surface area (Å²) in [6, 6.07) is 12.8. The predicted molar refractivity (Wildman–Crippen MR) is 134 cm³/mol. The minimum atomic E-state index is -1.10. The van der Waals surface area contributed by atoms with E-state index in [1.54, 1.807) is 18.2 Å². The molecule has 1 aliphatic heterocycles. The van der Waals surface area contributed by atoms with Crippen LogP contribution in [0.25, 0.3) is 16.0 Å². The van der Waals surface area contributed by atoms with Crippen LogP contribution < -0.4 is 9.64 Å². The third-order valence-corrected chi connectivity index (χ3v) is 6.98. The Hall–Kier alpha value is -4.28. The summed E-state index contributed by atoms with van der Waals surface area (Å²) in [7, 11) is 1.45. The summed E-state index contributed by atoms with van der Waals surface area (Å²) < 4.78 is 5.67. The van der Waals surface area contributed by atoms with Crippen LogP contribution in [0.4, 0.5) is 5.13 Å². The fourth-order valence-corrected chi connectivity index (χ4v) is 5.25. The first-order valence-corrected chi connectivity index (χ1v) is 11.7. The van der Waals surface area contributed by atoms with Crippen LogP contribution in [0.1, 0.15) is 27.7 Å². The Morgan fingerprint density at radius 1 is 1.08 bits per heavy atom. The number of hydrogen-bond donors (Lipinski definition) is 2. The second kappa shape index (κ2) is 9.06. The van der Waals surface area contributed by atoms with Crippen molar-refractivity contribution in [2.75, 3.05) is 12.0 Å². The number of Topliss-reactive ketones (excluding diaryl/α,β-unsaturated/α-hetero) is 1. The molecule has 36 heavy (non-hydrogen) atoms. The van der Waals surface area contributed by atoms with E-state index in [-0.39, 0.29) is 26.9 Å². The highest BCUT2D eigenvalue weighted by atomic mass is 35.5. The van der Waals surface area contributed by atoms with E-state index in [1.807, 2.05) is 0 Å². The van der Waals surface area contributed by atoms with Gasteiger partial charge in [-0.3, -0.25) is 19.5 Å². The van der Waals surface area contributed by atoms with Crippen LogP contribution >= 0.6 is 22.9 Å². The molecular formula is C25H16ClN3O6S. The van der Waals surface area contributed by atoms with Gasteiger partial charge in [-0.15, -0.1) is 0 Å². The Bertz CT molecular complexity index is 1580. The number of carboxylic acid groups (broad SMARTS) is 1. The average Bonchev–Trinajstić information content (AvgIpc) is 3.41. The van der Waals surface area contributed by atoms with Crippen molar-refractivity contribution in [3.63, 3.8) is 0 Å². The zero-order valence-corrected chi connectivity index (χ0v) is 20.1. The quantitative estimate of drug-likeness (QED) is 0.220. The number of halogens is 1. The first kappa shape index (κ1) is 23.5. The molecular weight excluding hydrogens is 506 g/mol. The predicted octanol–water partition coefficient (Wildman–Crippen LogP) is 4.68. The second-order valence-electron chi connectivity index (χ2n) is 7.76. The number of aliphatic hydroxyl groups is 1. The highest BCUT2D eigenvalue weighted by Crippen LogP contribution is 2.44. The van der Waals surface area contributed by atoms with E-state index in [0.29, 0.717) is 21.7 Å². The molecule has 180 valence electrons. The summed E-state index contributed by atoms with van der Waals surface area (Å²) in [5.41, 5.74) is 0.907. The maximum Gasteiger partial charge on any atom is 0.335 e. The van der Waals surface area contributed by atoms with Gasteiger partial charge < -0.3 is 14.9 Å². The third-order valence-electron chi connectivity index (χ3n) is 5.67. The molecule has 0 saturated carbocycles. The van der Waals surface area contributed by atoms with Gasteiger partial charge in [-0.25, -0.2) is 9.78 Å². The number of anilines is 1. The number of ketones is 1. The number of aromatic carboxylic acids is 1. The van der Waals surface area contributed by atoms with Crippen molar-refractivity contribution in [1.82, 2.24) is 9.97 Å². The van der Waals surface area contributed by atoms with Crippen molar-refractivity contribution in [1.29, 1.82) is 0 Å². The molecule has 1 fully saturated rings. The maximum atomic E-state index is 13.3. The first-order chi connectivity index (χ1) is 17.3. The summed E-state index contributed by atoms with van der Waals surface area (Å²) in [5.74, 6) is -2.96. The number of rotatable bonds is 5. The van der Waals surface area contributed by atoms with E-state index in [9.17, 15) is 24.6 Å². The number of carbonyl (C=O) groups excluding carboxylic acids is 2. The van der Waals surface area contributed by atoms with Crippen LogP contribution in [0.5, 0.6) is 5.75 Å². The van der Waals surface area contributed by atoms with Gasteiger partial charge in [0.2, 0.25) is 0 Å². The molecule has 9 nitrogen and oxygen atoms in total. The van der Waals surface area contributed by atoms with E-state index in [0.717, 1.165) is 11.3 Å². The van der Waals surface area contributed by atoms with Crippen LogP contribution in [0.2, 0.25) is 5.02 Å². The number of fused-ring (bicyclic) bond motifs is 1. The number of nitrogens with zero attached hydrogens (tertiary/aromatic N) is 3. The van der Waals surface area contributed by atoms with E-state index >= 15 is 0 Å². The van der Waals surface area contributed by atoms with Crippen LogP contribution in [-0.2, 0) is 9.59 Å². The lowest BCUT2D eigenvalue weighted by Gasteiger charge is -2.22. The molecule has 4 aromatic rings. The van der Waals surface area contributed by atoms with Crippen molar-refractivity contribution >= 4 is 61.7 Å². The Kier molecular flexibility index (Phi) is 5.91. The van der Waals surface area contributed by atoms with Crippen LogP contribution in [0.15, 0.2) is 66.4 Å². The lowest BCUT2D eigenvalue weighted by Crippen LogP contribution is -2.29. The molecule has 11 heteroatoms. The minimum Gasteiger partial charge on any atom is -0.507 e. The van der Waals surface area contributed by atoms with Gasteiger partial charge >= 0.3 is 11.9 Å². The van der Waals surface area contributed by atoms with Crippen molar-refractivity contribution in [3.8, 4) is 5.75 Å². The molecule has 2 aromatic heterocycles. The number of pyridine rings is 1. The summed E-state index contributed by atoms with van der Waals surface area (Å²) in [5, 5.41) is 20.9. The zero-order chi connectivity index (χ0) is 25.6. The molecule has 1 aliphatic rings. The molecule has 0 radical (unpaired) electrons. The largest absolute Gasteiger partial charge is 0.507 e. The first-order valence-electron chi connectivity index (χ1n) is 10.5. The van der Waals surface area contributed by atoms with Gasteiger partial charge in [-0.05, 0) is 48.5 Å². The van der Waals surface area contributed by atoms with Crippen molar-refractivity contribution in [2.45, 2.75) is 6.04 Å². The number of aromatic nitrogens is 2. The Morgan fingerprint density at radius 3 is 2.53 bits per heavy atom. The fraction of sp³-hybridized carbons (Fsp3) is 0.0800. The molecule has 0 aliphatic carbocycles. The number of benzene rings is 2. The number of methoxy groups -OCH3 is 1. The summed E-state index contributed by atoms with van der Waals surface area (Å²) in [6.45, 7) is 0. The number of carbonyl (C=O) groups is 3. The highest BCUT2D eigenvalue weighted by molar-refractivity contribution is 7.22. The summed E-state index contributed by atoms with van der Waals surface area (Å²) in [6.07, 6.45) is 1.51. The molecule has 2 N–H and O–H groups in total. The van der Waals surface area contributed by atoms with Gasteiger partial charge in [0, 0.05) is 11.8 Å². The Morgan fingerprint density at radius 2 is 1.86 bits per heavy atom. The molecule has 3 heterocycles. The number of hydrogen-bond acceptors (Lipinski definition) is 8. The Labute approximate surface area is 212 Å². The smallest absolute Gasteiger partial charge is 0.335 e. The van der Waals surface area contributed by atoms with Gasteiger partial charge in [0.25, 0.3) is 5.78 Å². The number of thiazole rings is 1. The summed E-state index contributed by atoms with van der Waals surface area (Å²) in [4.78, 5) is 47.9. The third kappa shape index (κ3) is 3.86. The highest BCUT2D eigenvalue weighted by Gasteiger charge is 2.48. The SMILES string of the molecule is COc1ccc(/C(O)=C2\C(=O)C(=O)N(c3nc4ccc(C(=O)O)cc4s3)C2c2ccccn2)cc1Cl. The minimum absolute atomic E-state index is 0.0671. The lowest BCUT2D eigenvalue weighted by molar-refractivity contribution is -0.132. The number of aliphatic hydroxyl groups excluding tert-OH is 1. The number of carboxylic acids is 1. The van der Waals surface area contributed by atoms with Crippen LogP contribution in [0, 0.1) is 0 Å². The normalized spacial score (nSPS) is 17.1. The van der Waals surface area contributed by atoms with Gasteiger partial charge in [0.05, 0.1) is 39.2 Å². The van der Waals surface area contributed by atoms with Gasteiger partial charge in [0.1, 0.15) is 17.6 Å². The number of ether oxygens (including phenoxy) is 1. The van der Waals surface area contributed by atoms with Crippen LogP contribution in [-0.4, -0.2) is 45.0 Å². The average molecular weight is 522 g/mol. The standard InChI is InChI=1S/C25H16ClN3O6S/c1-35-17-8-6-12(10-14(17)26)21(30)19-20(16-4-2-3-9-27-16)29(23(32)22(19)31)25-28-15-7-5-13(24(33)34)11-18(15)36-25/h2-11,20,30H,1H3,(H,33,34)/b21-19+. The number of amides is 1. The monoisotopic (exact) mass is 521 g/mol. The molecule has 0 spiro atoms. The van der Waals surface area contributed by atoms with Gasteiger partial charge in [0.15, 0.2) is 5.13 Å². The molecule has 1 atom stereocenters. The van der Waals surface area contributed by atoms with Crippen molar-refractivity contribution in [2.24, 2.45) is 0 Å². The molecule has 2 aromatic carbocycles. The van der Waals surface area contributed by atoms with Crippen LogP contribution in [0.3, 0.4) is 0 Å². The molecule has 0 bridgehead atoms. The van der Waals surface area contributed by atoms with E-state index in [2.05, 4.69) is 9.97 Å². The van der Waals surface area contributed by atoms with Gasteiger partial charge in [-0.2, -0.15) is 0 Å². The van der Waals surface area contributed by atoms with E-state index in [4.69, 9.17) is 16.3 Å². The van der Waals surface area contributed by atoms with Gasteiger partial charge in [-0.1, -0.05) is 29.0 Å². The fourth-order valence-electron chi connectivity index (χ4n) is 3.97. The summed E-state index contributed by atoms with van der Waals surface area (Å²) >= 11 is 7.28. The van der Waals surface area contributed by atoms with Crippen molar-refractivity contribution in [3.05, 3.63) is 88.2 Å². The Balaban J connectivity index is 1.70. The molecule has 5 rings (SSSR count). The maximum absolute atomic E-state index is 13.3. The zero-order valence-electron chi connectivity index (χ0n) is 18.5. The van der Waals surface area contributed by atoms with E-state index in [1.165, 1.54) is 54.6 Å². The van der Waals surface area contributed by atoms with E-state index < -0.39 is 29.5 Å². The molecule has 1 unspecified atom stereocenters. The molecule has 1 amide bonds.